The zero-order chi connectivity index (χ0) is 14.5. The summed E-state index contributed by atoms with van der Waals surface area (Å²) >= 11 is 0. The molecule has 1 N–H and O–H groups in total. The second kappa shape index (κ2) is 6.75. The molecule has 4 heteroatoms. The van der Waals surface area contributed by atoms with E-state index in [2.05, 4.69) is 19.2 Å². The number of amides is 1. The fraction of sp³-hybridized carbons (Fsp3) is 0.562. The van der Waals surface area contributed by atoms with Gasteiger partial charge in [-0.2, -0.15) is 0 Å². The van der Waals surface area contributed by atoms with Crippen molar-refractivity contribution in [3.05, 3.63) is 29.8 Å². The van der Waals surface area contributed by atoms with Crippen molar-refractivity contribution in [3.63, 3.8) is 0 Å². The van der Waals surface area contributed by atoms with Crippen LogP contribution in [-0.4, -0.2) is 36.5 Å². The smallest absolute Gasteiger partial charge is 0.260 e. The van der Waals surface area contributed by atoms with E-state index in [1.54, 1.807) is 4.90 Å². The van der Waals surface area contributed by atoms with Crippen molar-refractivity contribution < 1.29 is 9.53 Å². The largest absolute Gasteiger partial charge is 0.483 e. The van der Waals surface area contributed by atoms with Crippen molar-refractivity contribution >= 4 is 5.91 Å². The number of carbonyl (C=O) groups is 1. The molecule has 1 aromatic carbocycles. The third-order valence-electron chi connectivity index (χ3n) is 3.51. The summed E-state index contributed by atoms with van der Waals surface area (Å²) in [6, 6.07) is 8.72. The summed E-state index contributed by atoms with van der Waals surface area (Å²) in [7, 11) is 1.86. The molecule has 0 bridgehead atoms. The van der Waals surface area contributed by atoms with E-state index >= 15 is 0 Å². The highest BCUT2D eigenvalue weighted by Crippen LogP contribution is 2.25. The summed E-state index contributed by atoms with van der Waals surface area (Å²) in [6.07, 6.45) is 2.24. The van der Waals surface area contributed by atoms with Gasteiger partial charge in [-0.3, -0.25) is 4.79 Å². The predicted octanol–water partition coefficient (Wildman–Crippen LogP) is 2.18. The van der Waals surface area contributed by atoms with Gasteiger partial charge < -0.3 is 15.0 Å². The Hall–Kier alpha value is -1.55. The van der Waals surface area contributed by atoms with Gasteiger partial charge in [-0.25, -0.2) is 0 Å². The standard InChI is InChI=1S/C16H24N2O2/c1-12(2)17-10-13-6-4-5-7-15(13)20-11-16(19)18(3)14-8-9-14/h4-7,12,14,17H,8-11H2,1-3H3. The molecule has 1 aliphatic rings. The first-order chi connectivity index (χ1) is 9.58. The minimum atomic E-state index is 0.0547. The first-order valence-corrected chi connectivity index (χ1v) is 7.27. The van der Waals surface area contributed by atoms with Crippen LogP contribution in [0.5, 0.6) is 5.75 Å². The fourth-order valence-corrected chi connectivity index (χ4v) is 2.01. The maximum atomic E-state index is 12.0. The van der Waals surface area contributed by atoms with E-state index in [0.29, 0.717) is 12.1 Å². The van der Waals surface area contributed by atoms with Gasteiger partial charge in [0.2, 0.25) is 0 Å². The molecule has 0 aromatic heterocycles. The highest BCUT2D eigenvalue weighted by molar-refractivity contribution is 5.78. The lowest BCUT2D eigenvalue weighted by molar-refractivity contribution is -0.132. The van der Waals surface area contributed by atoms with Crippen molar-refractivity contribution in [1.29, 1.82) is 0 Å². The molecule has 110 valence electrons. The van der Waals surface area contributed by atoms with E-state index in [1.165, 1.54) is 0 Å². The lowest BCUT2D eigenvalue weighted by Gasteiger charge is -2.18. The van der Waals surface area contributed by atoms with Crippen LogP contribution < -0.4 is 10.1 Å². The average Bonchev–Trinajstić information content (AvgIpc) is 3.27. The molecule has 1 aliphatic carbocycles. The van der Waals surface area contributed by atoms with Gasteiger partial charge in [0.15, 0.2) is 6.61 Å². The molecule has 4 nitrogen and oxygen atoms in total. The van der Waals surface area contributed by atoms with Crippen LogP contribution in [0.25, 0.3) is 0 Å². The number of carbonyl (C=O) groups excluding carboxylic acids is 1. The lowest BCUT2D eigenvalue weighted by Crippen LogP contribution is -2.33. The van der Waals surface area contributed by atoms with E-state index in [9.17, 15) is 4.79 Å². The van der Waals surface area contributed by atoms with E-state index in [-0.39, 0.29) is 12.5 Å². The topological polar surface area (TPSA) is 41.6 Å². The van der Waals surface area contributed by atoms with Gasteiger partial charge in [-0.15, -0.1) is 0 Å². The second-order valence-corrected chi connectivity index (χ2v) is 5.67. The van der Waals surface area contributed by atoms with Crippen LogP contribution in [-0.2, 0) is 11.3 Å². The summed E-state index contributed by atoms with van der Waals surface area (Å²) in [6.45, 7) is 5.08. The number of nitrogens with zero attached hydrogens (tertiary/aromatic N) is 1. The number of hydrogen-bond acceptors (Lipinski definition) is 3. The predicted molar refractivity (Wildman–Crippen MR) is 79.7 cm³/mol. The Morgan fingerprint density at radius 3 is 2.75 bits per heavy atom. The summed E-state index contributed by atoms with van der Waals surface area (Å²) < 4.78 is 5.70. The number of rotatable bonds is 7. The summed E-state index contributed by atoms with van der Waals surface area (Å²) in [5.41, 5.74) is 1.09. The van der Waals surface area contributed by atoms with Crippen molar-refractivity contribution in [2.24, 2.45) is 0 Å². The average molecular weight is 276 g/mol. The molecule has 0 spiro atoms. The van der Waals surface area contributed by atoms with E-state index in [1.807, 2.05) is 31.3 Å². The molecule has 20 heavy (non-hydrogen) atoms. The normalized spacial score (nSPS) is 14.4. The molecule has 0 radical (unpaired) electrons. The molecule has 0 heterocycles. The monoisotopic (exact) mass is 276 g/mol. The molecule has 1 saturated carbocycles. The zero-order valence-corrected chi connectivity index (χ0v) is 12.6. The van der Waals surface area contributed by atoms with E-state index in [4.69, 9.17) is 4.74 Å². The zero-order valence-electron chi connectivity index (χ0n) is 12.6. The Morgan fingerprint density at radius 1 is 1.40 bits per heavy atom. The van der Waals surface area contributed by atoms with E-state index < -0.39 is 0 Å². The van der Waals surface area contributed by atoms with Gasteiger partial charge in [0.05, 0.1) is 0 Å². The molecule has 0 atom stereocenters. The SMILES string of the molecule is CC(C)NCc1ccccc1OCC(=O)N(C)C1CC1. The van der Waals surface area contributed by atoms with E-state index in [0.717, 1.165) is 30.7 Å². The van der Waals surface area contributed by atoms with Crippen LogP contribution in [0, 0.1) is 0 Å². The molecule has 0 aliphatic heterocycles. The second-order valence-electron chi connectivity index (χ2n) is 5.67. The van der Waals surface area contributed by atoms with Gasteiger partial charge in [-0.1, -0.05) is 32.0 Å². The Labute approximate surface area is 121 Å². The Balaban J connectivity index is 1.89. The van der Waals surface area contributed by atoms with Crippen LogP contribution in [0.1, 0.15) is 32.3 Å². The summed E-state index contributed by atoms with van der Waals surface area (Å²) in [4.78, 5) is 13.8. The Bertz CT molecular complexity index is 456. The summed E-state index contributed by atoms with van der Waals surface area (Å²) in [5, 5.41) is 3.37. The number of para-hydroxylation sites is 1. The summed E-state index contributed by atoms with van der Waals surface area (Å²) in [5.74, 6) is 0.845. The minimum Gasteiger partial charge on any atom is -0.483 e. The van der Waals surface area contributed by atoms with Crippen LogP contribution in [0.3, 0.4) is 0 Å². The van der Waals surface area contributed by atoms with Gasteiger partial charge in [0.1, 0.15) is 5.75 Å². The molecule has 1 fully saturated rings. The first-order valence-electron chi connectivity index (χ1n) is 7.27. The van der Waals surface area contributed by atoms with Gasteiger partial charge in [0.25, 0.3) is 5.91 Å². The van der Waals surface area contributed by atoms with Gasteiger partial charge in [-0.05, 0) is 18.9 Å². The molecule has 1 aromatic rings. The molecule has 0 unspecified atom stereocenters. The minimum absolute atomic E-state index is 0.0547. The highest BCUT2D eigenvalue weighted by Gasteiger charge is 2.29. The van der Waals surface area contributed by atoms with Crippen LogP contribution in [0.2, 0.25) is 0 Å². The maximum absolute atomic E-state index is 12.0. The molecular formula is C16H24N2O2. The van der Waals surface area contributed by atoms with Crippen LogP contribution in [0.15, 0.2) is 24.3 Å². The van der Waals surface area contributed by atoms with Crippen molar-refractivity contribution in [1.82, 2.24) is 10.2 Å². The van der Waals surface area contributed by atoms with Crippen LogP contribution in [0.4, 0.5) is 0 Å². The maximum Gasteiger partial charge on any atom is 0.260 e. The number of benzene rings is 1. The highest BCUT2D eigenvalue weighted by atomic mass is 16.5. The lowest BCUT2D eigenvalue weighted by atomic mass is 10.2. The van der Waals surface area contributed by atoms with Crippen molar-refractivity contribution in [3.8, 4) is 5.75 Å². The third-order valence-corrected chi connectivity index (χ3v) is 3.51. The number of ether oxygens (including phenoxy) is 1. The Morgan fingerprint density at radius 2 is 2.10 bits per heavy atom. The number of likely N-dealkylation sites (N-methyl/N-ethyl adjacent to an activating group) is 1. The number of hydrogen-bond donors (Lipinski definition) is 1. The molecule has 1 amide bonds. The van der Waals surface area contributed by atoms with Gasteiger partial charge in [0, 0.05) is 31.2 Å². The fourth-order valence-electron chi connectivity index (χ4n) is 2.01. The molecule has 0 saturated heterocycles. The first kappa shape index (κ1) is 14.9. The molecular weight excluding hydrogens is 252 g/mol. The molecule has 2 rings (SSSR count). The van der Waals surface area contributed by atoms with Gasteiger partial charge >= 0.3 is 0 Å². The number of nitrogens with one attached hydrogen (secondary N) is 1. The van der Waals surface area contributed by atoms with Crippen molar-refractivity contribution in [2.75, 3.05) is 13.7 Å². The van der Waals surface area contributed by atoms with Crippen molar-refractivity contribution in [2.45, 2.75) is 45.3 Å². The van der Waals surface area contributed by atoms with Crippen LogP contribution >= 0.6 is 0 Å². The Kier molecular flexibility index (Phi) is 5.01. The quantitative estimate of drug-likeness (QED) is 0.830. The third kappa shape index (κ3) is 4.23.